The molecule has 1 amide bonds. The molecule has 0 rings (SSSR count). The summed E-state index contributed by atoms with van der Waals surface area (Å²) in [7, 11) is 6.08. The maximum atomic E-state index is 11.7. The molecule has 0 spiro atoms. The number of rotatable bonds is 21. The molecule has 28 heavy (non-hydrogen) atoms. The molecule has 0 saturated heterocycles. The highest BCUT2D eigenvalue weighted by atomic mass is 16.5. The molecule has 0 bridgehead atoms. The van der Waals surface area contributed by atoms with Crippen LogP contribution >= 0.6 is 0 Å². The van der Waals surface area contributed by atoms with Crippen molar-refractivity contribution < 1.29 is 14.0 Å². The number of likely N-dealkylation sites (N-methyl/N-ethyl adjacent to an activating group) is 1. The number of carbonyl (C=O) groups is 1. The van der Waals surface area contributed by atoms with E-state index in [0.717, 1.165) is 26.2 Å². The third-order valence-electron chi connectivity index (χ3n) is 5.05. The largest absolute Gasteiger partial charge is 0.381 e. The zero-order valence-corrected chi connectivity index (χ0v) is 19.7. The van der Waals surface area contributed by atoms with Crippen LogP contribution in [-0.2, 0) is 9.53 Å². The van der Waals surface area contributed by atoms with Crippen LogP contribution in [0, 0.1) is 0 Å². The second-order valence-corrected chi connectivity index (χ2v) is 9.36. The highest BCUT2D eigenvalue weighted by molar-refractivity contribution is 5.76. The molecule has 4 heteroatoms. The zero-order valence-electron chi connectivity index (χ0n) is 19.7. The molecular weight excluding hydrogens is 348 g/mol. The molecule has 0 fully saturated rings. The molecule has 4 nitrogen and oxygen atoms in total. The number of amides is 1. The molecule has 0 aromatic rings. The molecule has 0 radical (unpaired) electrons. The van der Waals surface area contributed by atoms with Crippen molar-refractivity contribution >= 4 is 5.91 Å². The van der Waals surface area contributed by atoms with Gasteiger partial charge in [-0.15, -0.1) is 0 Å². The molecule has 0 aromatic carbocycles. The van der Waals surface area contributed by atoms with Gasteiger partial charge < -0.3 is 14.5 Å². The van der Waals surface area contributed by atoms with Crippen molar-refractivity contribution in [3.05, 3.63) is 0 Å². The third-order valence-corrected chi connectivity index (χ3v) is 5.05. The van der Waals surface area contributed by atoms with Crippen molar-refractivity contribution in [1.82, 2.24) is 5.32 Å². The summed E-state index contributed by atoms with van der Waals surface area (Å²) >= 11 is 0. The van der Waals surface area contributed by atoms with Crippen molar-refractivity contribution in [2.24, 2.45) is 0 Å². The summed E-state index contributed by atoms with van der Waals surface area (Å²) in [6.45, 7) is 5.15. The first-order chi connectivity index (χ1) is 13.5. The first-order valence-corrected chi connectivity index (χ1v) is 12.1. The smallest absolute Gasteiger partial charge is 0.275 e. The summed E-state index contributed by atoms with van der Waals surface area (Å²) < 4.78 is 6.34. The monoisotopic (exact) mass is 399 g/mol. The molecule has 0 saturated carbocycles. The van der Waals surface area contributed by atoms with Crippen LogP contribution in [0.2, 0.25) is 0 Å². The van der Waals surface area contributed by atoms with Crippen LogP contribution in [0.15, 0.2) is 0 Å². The van der Waals surface area contributed by atoms with Gasteiger partial charge in [0.05, 0.1) is 21.1 Å². The number of hydrogen-bond acceptors (Lipinski definition) is 2. The van der Waals surface area contributed by atoms with Crippen molar-refractivity contribution in [3.63, 3.8) is 0 Å². The summed E-state index contributed by atoms with van der Waals surface area (Å²) in [6, 6.07) is 0. The lowest BCUT2D eigenvalue weighted by atomic mass is 10.0. The topological polar surface area (TPSA) is 38.3 Å². The van der Waals surface area contributed by atoms with E-state index in [1.54, 1.807) is 0 Å². The minimum absolute atomic E-state index is 0.125. The van der Waals surface area contributed by atoms with Crippen molar-refractivity contribution in [1.29, 1.82) is 0 Å². The van der Waals surface area contributed by atoms with Gasteiger partial charge in [0, 0.05) is 19.8 Å². The molecule has 0 heterocycles. The normalized spacial score (nSPS) is 11.7. The van der Waals surface area contributed by atoms with Crippen molar-refractivity contribution in [2.45, 2.75) is 103 Å². The van der Waals surface area contributed by atoms with Crippen LogP contribution in [0.3, 0.4) is 0 Å². The highest BCUT2D eigenvalue weighted by Gasteiger charge is 2.13. The van der Waals surface area contributed by atoms with Crippen LogP contribution in [0.5, 0.6) is 0 Å². The van der Waals surface area contributed by atoms with E-state index in [0.29, 0.717) is 11.0 Å². The fourth-order valence-corrected chi connectivity index (χ4v) is 3.39. The zero-order chi connectivity index (χ0) is 20.9. The van der Waals surface area contributed by atoms with Gasteiger partial charge in [0.1, 0.15) is 0 Å². The summed E-state index contributed by atoms with van der Waals surface area (Å²) in [5, 5.41) is 2.96. The van der Waals surface area contributed by atoms with Crippen LogP contribution in [-0.4, -0.2) is 57.8 Å². The van der Waals surface area contributed by atoms with Crippen molar-refractivity contribution in [3.8, 4) is 0 Å². The molecule has 0 aliphatic heterocycles. The standard InChI is InChI=1S/C24H50N2O2/c1-5-6-7-8-9-10-11-12-13-14-15-16-17-18-21-28-22-19-20-25-24(27)23-26(2,3)4/h5-23H2,1-4H3/p+1. The first kappa shape index (κ1) is 27.4. The molecule has 0 aliphatic carbocycles. The van der Waals surface area contributed by atoms with E-state index in [9.17, 15) is 4.79 Å². The molecule has 0 aromatic heterocycles. The van der Waals surface area contributed by atoms with Gasteiger partial charge in [-0.2, -0.15) is 0 Å². The lowest BCUT2D eigenvalue weighted by Crippen LogP contribution is -2.44. The molecular formula is C24H51N2O2+. The Kier molecular flexibility index (Phi) is 19.3. The maximum Gasteiger partial charge on any atom is 0.275 e. The maximum absolute atomic E-state index is 11.7. The number of hydrogen-bond donors (Lipinski definition) is 1. The van der Waals surface area contributed by atoms with Gasteiger partial charge >= 0.3 is 0 Å². The highest BCUT2D eigenvalue weighted by Crippen LogP contribution is 2.12. The number of ether oxygens (including phenoxy) is 1. The van der Waals surface area contributed by atoms with Gasteiger partial charge in [-0.1, -0.05) is 90.4 Å². The van der Waals surface area contributed by atoms with Gasteiger partial charge in [-0.25, -0.2) is 0 Å². The molecule has 0 unspecified atom stereocenters. The summed E-state index contributed by atoms with van der Waals surface area (Å²) in [5.74, 6) is 0.125. The Morgan fingerprint density at radius 1 is 0.679 bits per heavy atom. The van der Waals surface area contributed by atoms with Crippen LogP contribution in [0.25, 0.3) is 0 Å². The van der Waals surface area contributed by atoms with Crippen LogP contribution in [0.4, 0.5) is 0 Å². The minimum Gasteiger partial charge on any atom is -0.381 e. The van der Waals surface area contributed by atoms with Gasteiger partial charge in [0.2, 0.25) is 0 Å². The third kappa shape index (κ3) is 23.4. The Morgan fingerprint density at radius 2 is 1.11 bits per heavy atom. The van der Waals surface area contributed by atoms with E-state index < -0.39 is 0 Å². The Bertz CT molecular complexity index is 340. The van der Waals surface area contributed by atoms with Crippen molar-refractivity contribution in [2.75, 3.05) is 47.4 Å². The van der Waals surface area contributed by atoms with Gasteiger partial charge in [0.25, 0.3) is 5.91 Å². The second-order valence-electron chi connectivity index (χ2n) is 9.36. The predicted molar refractivity (Wildman–Crippen MR) is 122 cm³/mol. The SMILES string of the molecule is CCCCCCCCCCCCCCCCOCCCNC(=O)C[N+](C)(C)C. The average Bonchev–Trinajstić information content (AvgIpc) is 2.62. The first-order valence-electron chi connectivity index (χ1n) is 12.1. The quantitative estimate of drug-likeness (QED) is 0.199. The van der Waals surface area contributed by atoms with E-state index in [4.69, 9.17) is 4.74 Å². The minimum atomic E-state index is 0.125. The summed E-state index contributed by atoms with van der Waals surface area (Å²) in [5.41, 5.74) is 0. The fraction of sp³-hybridized carbons (Fsp3) is 0.958. The molecule has 0 aliphatic rings. The Labute approximate surface area is 176 Å². The number of unbranched alkanes of at least 4 members (excludes halogenated alkanes) is 13. The van der Waals surface area contributed by atoms with Gasteiger partial charge in [0.15, 0.2) is 6.54 Å². The molecule has 168 valence electrons. The Balaban J connectivity index is 3.11. The number of nitrogens with zero attached hydrogens (tertiary/aromatic N) is 1. The van der Waals surface area contributed by atoms with E-state index in [2.05, 4.69) is 12.2 Å². The number of nitrogens with one attached hydrogen (secondary N) is 1. The van der Waals surface area contributed by atoms with Gasteiger partial charge in [-0.3, -0.25) is 4.79 Å². The molecule has 0 atom stereocenters. The van der Waals surface area contributed by atoms with E-state index in [1.165, 1.54) is 89.9 Å². The van der Waals surface area contributed by atoms with Crippen LogP contribution < -0.4 is 5.32 Å². The number of quaternary nitrogens is 1. The van der Waals surface area contributed by atoms with E-state index >= 15 is 0 Å². The van der Waals surface area contributed by atoms with Crippen LogP contribution in [0.1, 0.15) is 103 Å². The fourth-order valence-electron chi connectivity index (χ4n) is 3.39. The summed E-state index contributed by atoms with van der Waals surface area (Å²) in [4.78, 5) is 11.7. The number of carbonyl (C=O) groups excluding carboxylic acids is 1. The summed E-state index contributed by atoms with van der Waals surface area (Å²) in [6.07, 6.45) is 20.3. The lowest BCUT2D eigenvalue weighted by molar-refractivity contribution is -0.862. The lowest BCUT2D eigenvalue weighted by Gasteiger charge is -2.22. The Morgan fingerprint density at radius 3 is 1.57 bits per heavy atom. The molecule has 1 N–H and O–H groups in total. The van der Waals surface area contributed by atoms with E-state index in [1.807, 2.05) is 21.1 Å². The van der Waals surface area contributed by atoms with Gasteiger partial charge in [-0.05, 0) is 12.8 Å². The predicted octanol–water partition coefficient (Wildman–Crippen LogP) is 5.70. The van der Waals surface area contributed by atoms with E-state index in [-0.39, 0.29) is 5.91 Å². The Hall–Kier alpha value is -0.610. The second kappa shape index (κ2) is 19.7. The average molecular weight is 400 g/mol.